The molecule has 0 saturated carbocycles. The highest BCUT2D eigenvalue weighted by atomic mass is 32.2. The molecule has 110 valence electrons. The number of nitrogen functional groups attached to an aromatic ring is 1. The van der Waals surface area contributed by atoms with Gasteiger partial charge >= 0.3 is 0 Å². The fraction of sp³-hybridized carbons (Fsp3) is 0.429. The molecule has 0 atom stereocenters. The average Bonchev–Trinajstić information content (AvgIpc) is 2.41. The highest BCUT2D eigenvalue weighted by molar-refractivity contribution is 8.00. The summed E-state index contributed by atoms with van der Waals surface area (Å²) in [7, 11) is -3.16. The number of thioether (sulfide) groups is 1. The third-order valence-electron chi connectivity index (χ3n) is 3.31. The molecule has 0 bridgehead atoms. The van der Waals surface area contributed by atoms with Crippen molar-refractivity contribution in [2.24, 2.45) is 0 Å². The van der Waals surface area contributed by atoms with Gasteiger partial charge in [0.1, 0.15) is 0 Å². The lowest BCUT2D eigenvalue weighted by atomic mass is 10.1. The second kappa shape index (κ2) is 6.65. The summed E-state index contributed by atoms with van der Waals surface area (Å²) in [5.41, 5.74) is 7.81. The minimum atomic E-state index is -3.16. The molecule has 20 heavy (non-hydrogen) atoms. The molecule has 0 radical (unpaired) electrons. The van der Waals surface area contributed by atoms with E-state index in [1.54, 1.807) is 4.31 Å². The van der Waals surface area contributed by atoms with Crippen molar-refractivity contribution in [1.29, 1.82) is 0 Å². The standard InChI is InChI=1S/C14H20N2O2S2/c1-12-6-8-16(9-7-12)20(17,18)11-10-19-14-5-3-2-4-13(14)15/h2-6H,7-11,15H2,1H3. The van der Waals surface area contributed by atoms with Gasteiger partial charge < -0.3 is 5.73 Å². The van der Waals surface area contributed by atoms with Crippen molar-refractivity contribution in [2.75, 3.05) is 30.3 Å². The average molecular weight is 312 g/mol. The third kappa shape index (κ3) is 4.01. The summed E-state index contributed by atoms with van der Waals surface area (Å²) in [6, 6.07) is 7.53. The molecule has 0 amide bonds. The van der Waals surface area contributed by atoms with Crippen LogP contribution >= 0.6 is 11.8 Å². The number of benzene rings is 1. The van der Waals surface area contributed by atoms with E-state index in [-0.39, 0.29) is 5.75 Å². The van der Waals surface area contributed by atoms with Crippen LogP contribution in [0.1, 0.15) is 13.3 Å². The van der Waals surface area contributed by atoms with Gasteiger partial charge in [-0.1, -0.05) is 23.8 Å². The Bertz CT molecular complexity index is 597. The molecule has 2 rings (SSSR count). The van der Waals surface area contributed by atoms with Crippen LogP contribution in [0.5, 0.6) is 0 Å². The molecule has 0 unspecified atom stereocenters. The zero-order valence-corrected chi connectivity index (χ0v) is 13.2. The molecule has 1 aromatic rings. The molecule has 1 aliphatic rings. The predicted molar refractivity (Wildman–Crippen MR) is 85.3 cm³/mol. The fourth-order valence-corrected chi connectivity index (χ4v) is 4.74. The maximum atomic E-state index is 12.2. The first-order valence-electron chi connectivity index (χ1n) is 6.60. The molecule has 6 heteroatoms. The van der Waals surface area contributed by atoms with Crippen molar-refractivity contribution < 1.29 is 8.42 Å². The van der Waals surface area contributed by atoms with Crippen LogP contribution in [0.15, 0.2) is 40.8 Å². The van der Waals surface area contributed by atoms with Crippen LogP contribution in [0.2, 0.25) is 0 Å². The predicted octanol–water partition coefficient (Wildman–Crippen LogP) is 2.34. The highest BCUT2D eigenvalue weighted by Crippen LogP contribution is 2.25. The number of sulfonamides is 1. The Hall–Kier alpha value is -0.980. The van der Waals surface area contributed by atoms with Crippen LogP contribution in [0.25, 0.3) is 0 Å². The molecule has 1 aliphatic heterocycles. The van der Waals surface area contributed by atoms with E-state index in [2.05, 4.69) is 0 Å². The van der Waals surface area contributed by atoms with Gasteiger partial charge in [-0.3, -0.25) is 0 Å². The second-order valence-electron chi connectivity index (χ2n) is 4.86. The SMILES string of the molecule is CC1=CCN(S(=O)(=O)CCSc2ccccc2N)CC1. The van der Waals surface area contributed by atoms with Crippen molar-refractivity contribution in [3.63, 3.8) is 0 Å². The first-order valence-corrected chi connectivity index (χ1v) is 9.19. The van der Waals surface area contributed by atoms with E-state index in [0.29, 0.717) is 24.5 Å². The summed E-state index contributed by atoms with van der Waals surface area (Å²) in [5, 5.41) is 0. The zero-order chi connectivity index (χ0) is 14.6. The lowest BCUT2D eigenvalue weighted by molar-refractivity contribution is 0.432. The van der Waals surface area contributed by atoms with Crippen molar-refractivity contribution >= 4 is 27.5 Å². The molecule has 1 heterocycles. The van der Waals surface area contributed by atoms with E-state index < -0.39 is 10.0 Å². The van der Waals surface area contributed by atoms with Gasteiger partial charge in [-0.15, -0.1) is 11.8 Å². The number of rotatable bonds is 5. The normalized spacial score (nSPS) is 16.9. The molecule has 1 aromatic carbocycles. The first kappa shape index (κ1) is 15.4. The minimum absolute atomic E-state index is 0.152. The number of hydrogen-bond donors (Lipinski definition) is 1. The summed E-state index contributed by atoms with van der Waals surface area (Å²) >= 11 is 1.49. The molecule has 0 fully saturated rings. The Morgan fingerprint density at radius 1 is 1.35 bits per heavy atom. The Morgan fingerprint density at radius 2 is 2.10 bits per heavy atom. The number of para-hydroxylation sites is 1. The number of hydrogen-bond acceptors (Lipinski definition) is 4. The van der Waals surface area contributed by atoms with Gasteiger partial charge in [-0.05, 0) is 25.5 Å². The number of nitrogens with zero attached hydrogens (tertiary/aromatic N) is 1. The Kier molecular flexibility index (Phi) is 5.12. The summed E-state index contributed by atoms with van der Waals surface area (Å²) in [6.07, 6.45) is 2.82. The molecule has 2 N–H and O–H groups in total. The topological polar surface area (TPSA) is 63.4 Å². The molecule has 0 spiro atoms. The molecular formula is C14H20N2O2S2. The van der Waals surface area contributed by atoms with Gasteiger partial charge in [0.25, 0.3) is 0 Å². The molecule has 4 nitrogen and oxygen atoms in total. The summed E-state index contributed by atoms with van der Waals surface area (Å²) in [5.74, 6) is 0.675. The summed E-state index contributed by atoms with van der Waals surface area (Å²) < 4.78 is 26.0. The maximum absolute atomic E-state index is 12.2. The smallest absolute Gasteiger partial charge is 0.215 e. The Balaban J connectivity index is 1.89. The van der Waals surface area contributed by atoms with E-state index in [0.717, 1.165) is 11.3 Å². The summed E-state index contributed by atoms with van der Waals surface area (Å²) in [6.45, 7) is 3.15. The van der Waals surface area contributed by atoms with Crippen molar-refractivity contribution in [3.8, 4) is 0 Å². The van der Waals surface area contributed by atoms with Gasteiger partial charge in [0, 0.05) is 29.4 Å². The van der Waals surface area contributed by atoms with Crippen LogP contribution in [0, 0.1) is 0 Å². The maximum Gasteiger partial charge on any atom is 0.215 e. The summed E-state index contributed by atoms with van der Waals surface area (Å²) in [4.78, 5) is 0.942. The van der Waals surface area contributed by atoms with Gasteiger partial charge in [0.15, 0.2) is 0 Å². The van der Waals surface area contributed by atoms with E-state index in [1.807, 2.05) is 37.3 Å². The van der Waals surface area contributed by atoms with Gasteiger partial charge in [-0.2, -0.15) is 4.31 Å². The van der Waals surface area contributed by atoms with Crippen LogP contribution < -0.4 is 5.73 Å². The lowest BCUT2D eigenvalue weighted by Crippen LogP contribution is -2.36. The van der Waals surface area contributed by atoms with E-state index in [4.69, 9.17) is 5.73 Å². The van der Waals surface area contributed by atoms with E-state index in [9.17, 15) is 8.42 Å². The Morgan fingerprint density at radius 3 is 2.75 bits per heavy atom. The van der Waals surface area contributed by atoms with Crippen LogP contribution in [-0.4, -0.2) is 37.3 Å². The molecule has 0 aliphatic carbocycles. The van der Waals surface area contributed by atoms with Crippen LogP contribution in [0.3, 0.4) is 0 Å². The minimum Gasteiger partial charge on any atom is -0.398 e. The monoisotopic (exact) mass is 312 g/mol. The number of nitrogens with two attached hydrogens (primary N) is 1. The van der Waals surface area contributed by atoms with E-state index in [1.165, 1.54) is 17.3 Å². The Labute approximate surface area is 125 Å². The van der Waals surface area contributed by atoms with Crippen LogP contribution in [0.4, 0.5) is 5.69 Å². The molecule has 0 aromatic heterocycles. The van der Waals surface area contributed by atoms with Gasteiger partial charge in [0.05, 0.1) is 5.75 Å². The second-order valence-corrected chi connectivity index (χ2v) is 8.09. The van der Waals surface area contributed by atoms with Gasteiger partial charge in [0.2, 0.25) is 10.0 Å². The fourth-order valence-electron chi connectivity index (χ4n) is 2.00. The molecule has 0 saturated heterocycles. The van der Waals surface area contributed by atoms with Crippen LogP contribution in [-0.2, 0) is 10.0 Å². The number of anilines is 1. The zero-order valence-electron chi connectivity index (χ0n) is 11.6. The van der Waals surface area contributed by atoms with Crippen molar-refractivity contribution in [1.82, 2.24) is 4.31 Å². The first-order chi connectivity index (χ1) is 9.49. The largest absolute Gasteiger partial charge is 0.398 e. The van der Waals surface area contributed by atoms with E-state index >= 15 is 0 Å². The lowest BCUT2D eigenvalue weighted by Gasteiger charge is -2.24. The molecular weight excluding hydrogens is 292 g/mol. The van der Waals surface area contributed by atoms with Crippen molar-refractivity contribution in [2.45, 2.75) is 18.2 Å². The van der Waals surface area contributed by atoms with Gasteiger partial charge in [-0.25, -0.2) is 8.42 Å². The highest BCUT2D eigenvalue weighted by Gasteiger charge is 2.22. The third-order valence-corrected chi connectivity index (χ3v) is 6.50. The quantitative estimate of drug-likeness (QED) is 0.515. The van der Waals surface area contributed by atoms with Crippen molar-refractivity contribution in [3.05, 3.63) is 35.9 Å².